The summed E-state index contributed by atoms with van der Waals surface area (Å²) >= 11 is 0. The smallest absolute Gasteiger partial charge is 0.129 e. The van der Waals surface area contributed by atoms with Crippen molar-refractivity contribution in [2.45, 2.75) is 39.6 Å². The first-order chi connectivity index (χ1) is 11.7. The average Bonchev–Trinajstić information content (AvgIpc) is 3.03. The van der Waals surface area contributed by atoms with Crippen molar-refractivity contribution in [1.29, 1.82) is 0 Å². The Kier molecular flexibility index (Phi) is 5.72. The minimum atomic E-state index is -0.0370. The molecule has 4 nitrogen and oxygen atoms in total. The number of likely N-dealkylation sites (tertiary alicyclic amines) is 1. The molecule has 3 rings (SSSR count). The highest BCUT2D eigenvalue weighted by atomic mass is 16.4. The molecule has 1 aromatic carbocycles. The van der Waals surface area contributed by atoms with Crippen LogP contribution in [0.3, 0.4) is 0 Å². The summed E-state index contributed by atoms with van der Waals surface area (Å²) in [4.78, 5) is 2.56. The van der Waals surface area contributed by atoms with Crippen LogP contribution in [0, 0.1) is 11.8 Å². The van der Waals surface area contributed by atoms with E-state index in [1.165, 1.54) is 5.56 Å². The Hall–Kier alpha value is -1.62. The number of aliphatic hydroxyl groups is 1. The lowest BCUT2D eigenvalue weighted by Gasteiger charge is -2.42. The molecule has 24 heavy (non-hydrogen) atoms. The maximum Gasteiger partial charge on any atom is 0.129 e. The predicted octanol–water partition coefficient (Wildman–Crippen LogP) is 3.02. The summed E-state index contributed by atoms with van der Waals surface area (Å²) in [5.41, 5.74) is 1.38. The first-order valence-corrected chi connectivity index (χ1v) is 8.84. The summed E-state index contributed by atoms with van der Waals surface area (Å²) in [5.74, 6) is 2.70. The van der Waals surface area contributed by atoms with Gasteiger partial charge >= 0.3 is 0 Å². The summed E-state index contributed by atoms with van der Waals surface area (Å²) in [7, 11) is 0. The van der Waals surface area contributed by atoms with Crippen LogP contribution in [0.15, 0.2) is 46.9 Å². The van der Waals surface area contributed by atoms with Crippen LogP contribution in [0.25, 0.3) is 0 Å². The summed E-state index contributed by atoms with van der Waals surface area (Å²) in [6.45, 7) is 8.58. The highest BCUT2D eigenvalue weighted by Crippen LogP contribution is 2.24. The summed E-state index contributed by atoms with van der Waals surface area (Å²) in [6, 6.07) is 15.0. The summed E-state index contributed by atoms with van der Waals surface area (Å²) in [6.07, 6.45) is 0. The Morgan fingerprint density at radius 1 is 1.04 bits per heavy atom. The van der Waals surface area contributed by atoms with Gasteiger partial charge in [0, 0.05) is 25.7 Å². The molecular weight excluding hydrogens is 300 g/mol. The van der Waals surface area contributed by atoms with Gasteiger partial charge in [0.2, 0.25) is 0 Å². The third-order valence-corrected chi connectivity index (χ3v) is 4.95. The largest absolute Gasteiger partial charge is 0.462 e. The lowest BCUT2D eigenvalue weighted by atomic mass is 9.85. The first kappa shape index (κ1) is 17.2. The van der Waals surface area contributed by atoms with Crippen LogP contribution in [0.1, 0.15) is 30.9 Å². The molecule has 1 saturated heterocycles. The molecule has 1 aromatic heterocycles. The Bertz CT molecular complexity index is 614. The van der Waals surface area contributed by atoms with E-state index in [9.17, 15) is 0 Å². The zero-order chi connectivity index (χ0) is 16.9. The molecule has 130 valence electrons. The van der Waals surface area contributed by atoms with Gasteiger partial charge in [-0.1, -0.05) is 44.2 Å². The zero-order valence-corrected chi connectivity index (χ0v) is 14.6. The third kappa shape index (κ3) is 4.26. The number of aliphatic hydroxyl groups excluding tert-OH is 1. The molecule has 0 amide bonds. The fraction of sp³-hybridized carbons (Fsp3) is 0.500. The van der Waals surface area contributed by atoms with Gasteiger partial charge in [-0.15, -0.1) is 0 Å². The van der Waals surface area contributed by atoms with Gasteiger partial charge in [0.1, 0.15) is 18.1 Å². The Morgan fingerprint density at radius 3 is 2.33 bits per heavy atom. The highest BCUT2D eigenvalue weighted by Gasteiger charge is 2.31. The van der Waals surface area contributed by atoms with E-state index in [0.717, 1.165) is 31.9 Å². The van der Waals surface area contributed by atoms with Gasteiger partial charge in [-0.3, -0.25) is 4.90 Å². The van der Waals surface area contributed by atoms with Gasteiger partial charge < -0.3 is 14.8 Å². The molecular formula is C20H28N2O2. The van der Waals surface area contributed by atoms with Gasteiger partial charge in [0.15, 0.2) is 0 Å². The van der Waals surface area contributed by atoms with Gasteiger partial charge in [-0.2, -0.15) is 0 Å². The monoisotopic (exact) mass is 328 g/mol. The van der Waals surface area contributed by atoms with Gasteiger partial charge in [0.05, 0.1) is 6.54 Å². The average molecular weight is 328 g/mol. The van der Waals surface area contributed by atoms with E-state index in [2.05, 4.69) is 54.4 Å². The third-order valence-electron chi connectivity index (χ3n) is 4.95. The SMILES string of the molecule is CC1CN(Cc2ccccc2)CC(C)C1NCc1ccc(CO)o1. The van der Waals surface area contributed by atoms with Crippen molar-refractivity contribution in [2.24, 2.45) is 11.8 Å². The molecule has 0 bridgehead atoms. The number of benzene rings is 1. The molecule has 1 aliphatic rings. The van der Waals surface area contributed by atoms with E-state index in [-0.39, 0.29) is 6.61 Å². The van der Waals surface area contributed by atoms with Crippen molar-refractivity contribution in [3.63, 3.8) is 0 Å². The van der Waals surface area contributed by atoms with Crippen LogP contribution in [-0.2, 0) is 19.7 Å². The van der Waals surface area contributed by atoms with Crippen LogP contribution in [-0.4, -0.2) is 29.1 Å². The number of nitrogens with one attached hydrogen (secondary N) is 1. The summed E-state index contributed by atoms with van der Waals surface area (Å²) < 4.78 is 5.57. The maximum atomic E-state index is 9.08. The molecule has 2 heterocycles. The normalized spacial score (nSPS) is 25.0. The minimum absolute atomic E-state index is 0.0370. The highest BCUT2D eigenvalue weighted by molar-refractivity contribution is 5.14. The number of hydrogen-bond acceptors (Lipinski definition) is 4. The number of piperidine rings is 1. The topological polar surface area (TPSA) is 48.6 Å². The second kappa shape index (κ2) is 7.97. The fourth-order valence-electron chi connectivity index (χ4n) is 3.87. The van der Waals surface area contributed by atoms with E-state index in [0.29, 0.717) is 23.6 Å². The number of nitrogens with zero attached hydrogens (tertiary/aromatic N) is 1. The summed E-state index contributed by atoms with van der Waals surface area (Å²) in [5, 5.41) is 12.7. The Balaban J connectivity index is 1.53. The molecule has 2 atom stereocenters. The molecule has 2 aromatic rings. The van der Waals surface area contributed by atoms with E-state index in [1.54, 1.807) is 0 Å². The minimum Gasteiger partial charge on any atom is -0.462 e. The predicted molar refractivity (Wildman–Crippen MR) is 95.3 cm³/mol. The van der Waals surface area contributed by atoms with Crippen LogP contribution in [0.5, 0.6) is 0 Å². The van der Waals surface area contributed by atoms with E-state index in [4.69, 9.17) is 9.52 Å². The fourth-order valence-corrected chi connectivity index (χ4v) is 3.87. The van der Waals surface area contributed by atoms with Crippen LogP contribution in [0.4, 0.5) is 0 Å². The van der Waals surface area contributed by atoms with E-state index in [1.807, 2.05) is 12.1 Å². The number of hydrogen-bond donors (Lipinski definition) is 2. The quantitative estimate of drug-likeness (QED) is 0.856. The van der Waals surface area contributed by atoms with E-state index < -0.39 is 0 Å². The Labute approximate surface area is 144 Å². The zero-order valence-electron chi connectivity index (χ0n) is 14.6. The van der Waals surface area contributed by atoms with Crippen molar-refractivity contribution in [2.75, 3.05) is 13.1 Å². The van der Waals surface area contributed by atoms with Crippen molar-refractivity contribution in [3.8, 4) is 0 Å². The van der Waals surface area contributed by atoms with Gasteiger partial charge in [-0.05, 0) is 29.5 Å². The second-order valence-corrected chi connectivity index (χ2v) is 7.07. The number of furan rings is 1. The first-order valence-electron chi connectivity index (χ1n) is 8.84. The molecule has 1 fully saturated rings. The lowest BCUT2D eigenvalue weighted by molar-refractivity contribution is 0.0927. The van der Waals surface area contributed by atoms with E-state index >= 15 is 0 Å². The molecule has 0 aliphatic carbocycles. The Morgan fingerprint density at radius 2 is 1.71 bits per heavy atom. The van der Waals surface area contributed by atoms with Crippen molar-refractivity contribution >= 4 is 0 Å². The van der Waals surface area contributed by atoms with Crippen molar-refractivity contribution in [1.82, 2.24) is 10.2 Å². The molecule has 0 radical (unpaired) electrons. The van der Waals surface area contributed by atoms with Crippen molar-refractivity contribution in [3.05, 3.63) is 59.5 Å². The molecule has 1 aliphatic heterocycles. The molecule has 0 saturated carbocycles. The van der Waals surface area contributed by atoms with Gasteiger partial charge in [0.25, 0.3) is 0 Å². The molecule has 2 unspecified atom stereocenters. The molecule has 4 heteroatoms. The number of rotatable bonds is 6. The van der Waals surface area contributed by atoms with Crippen LogP contribution >= 0.6 is 0 Å². The van der Waals surface area contributed by atoms with Crippen LogP contribution < -0.4 is 5.32 Å². The van der Waals surface area contributed by atoms with Gasteiger partial charge in [-0.25, -0.2) is 0 Å². The lowest BCUT2D eigenvalue weighted by Crippen LogP contribution is -2.52. The maximum absolute atomic E-state index is 9.08. The second-order valence-electron chi connectivity index (χ2n) is 7.07. The van der Waals surface area contributed by atoms with Crippen molar-refractivity contribution < 1.29 is 9.52 Å². The standard InChI is InChI=1S/C20H28N2O2/c1-15-11-22(13-17-6-4-3-5-7-17)12-16(2)20(15)21-10-18-8-9-19(14-23)24-18/h3-9,15-16,20-21,23H,10-14H2,1-2H3. The molecule has 0 spiro atoms. The molecule has 2 N–H and O–H groups in total. The van der Waals surface area contributed by atoms with Crippen LogP contribution in [0.2, 0.25) is 0 Å².